The number of hydrogen-bond donors (Lipinski definition) is 1. The Morgan fingerprint density at radius 3 is 2.70 bits per heavy atom. The third kappa shape index (κ3) is 3.28. The molecule has 0 saturated carbocycles. The molecule has 0 unspecified atom stereocenters. The van der Waals surface area contributed by atoms with E-state index in [4.69, 9.17) is 14.0 Å². The average molecular weight is 276 g/mol. The van der Waals surface area contributed by atoms with Crippen LogP contribution in [0.15, 0.2) is 28.8 Å². The topological polar surface area (TPSA) is 73.6 Å². The number of carbonyl (C=O) groups excluding carboxylic acids is 1. The van der Waals surface area contributed by atoms with Crippen molar-refractivity contribution < 1.29 is 18.8 Å². The second kappa shape index (κ2) is 6.10. The van der Waals surface area contributed by atoms with Gasteiger partial charge in [0.15, 0.2) is 5.82 Å². The third-order valence-corrected chi connectivity index (χ3v) is 2.73. The molecule has 0 aliphatic heterocycles. The number of nitrogens with zero attached hydrogens (tertiary/aromatic N) is 1. The minimum Gasteiger partial charge on any atom is -0.497 e. The SMILES string of the molecule is COc1ccc(OC)c(CC(=O)Nc2cc(C)on2)c1. The van der Waals surface area contributed by atoms with Gasteiger partial charge in [-0.15, -0.1) is 0 Å². The molecule has 1 N–H and O–H groups in total. The van der Waals surface area contributed by atoms with Crippen molar-refractivity contribution in [1.82, 2.24) is 5.16 Å². The predicted octanol–water partition coefficient (Wildman–Crippen LogP) is 2.18. The summed E-state index contributed by atoms with van der Waals surface area (Å²) in [5, 5.41) is 6.37. The number of nitrogens with one attached hydrogen (secondary N) is 1. The molecular formula is C14H16N2O4. The maximum atomic E-state index is 12.0. The quantitative estimate of drug-likeness (QED) is 0.906. The monoisotopic (exact) mass is 276 g/mol. The van der Waals surface area contributed by atoms with Gasteiger partial charge >= 0.3 is 0 Å². The van der Waals surface area contributed by atoms with Gasteiger partial charge in [0, 0.05) is 11.6 Å². The molecule has 6 nitrogen and oxygen atoms in total. The lowest BCUT2D eigenvalue weighted by molar-refractivity contribution is -0.115. The van der Waals surface area contributed by atoms with Crippen LogP contribution in [-0.4, -0.2) is 25.3 Å². The summed E-state index contributed by atoms with van der Waals surface area (Å²) in [7, 11) is 3.13. The highest BCUT2D eigenvalue weighted by Gasteiger charge is 2.12. The van der Waals surface area contributed by atoms with E-state index in [0.29, 0.717) is 23.1 Å². The standard InChI is InChI=1S/C14H16N2O4/c1-9-6-13(16-20-9)15-14(17)8-10-7-11(18-2)4-5-12(10)19-3/h4-7H,8H2,1-3H3,(H,15,16,17). The Kier molecular flexibility index (Phi) is 4.24. The minimum atomic E-state index is -0.204. The van der Waals surface area contributed by atoms with Crippen LogP contribution in [-0.2, 0) is 11.2 Å². The van der Waals surface area contributed by atoms with Gasteiger partial charge in [-0.2, -0.15) is 0 Å². The highest BCUT2D eigenvalue weighted by atomic mass is 16.5. The van der Waals surface area contributed by atoms with Crippen LogP contribution in [0.2, 0.25) is 0 Å². The molecule has 1 amide bonds. The number of carbonyl (C=O) groups is 1. The van der Waals surface area contributed by atoms with Crippen LogP contribution < -0.4 is 14.8 Å². The summed E-state index contributed by atoms with van der Waals surface area (Å²) in [6, 6.07) is 6.97. The number of hydrogen-bond acceptors (Lipinski definition) is 5. The van der Waals surface area contributed by atoms with Gasteiger partial charge in [-0.3, -0.25) is 4.79 Å². The van der Waals surface area contributed by atoms with Crippen molar-refractivity contribution in [2.45, 2.75) is 13.3 Å². The fourth-order valence-electron chi connectivity index (χ4n) is 1.81. The number of methoxy groups -OCH3 is 2. The summed E-state index contributed by atoms with van der Waals surface area (Å²) in [5.41, 5.74) is 0.740. The second-order valence-corrected chi connectivity index (χ2v) is 4.23. The van der Waals surface area contributed by atoms with Gasteiger partial charge in [-0.05, 0) is 25.1 Å². The van der Waals surface area contributed by atoms with Crippen LogP contribution in [0.3, 0.4) is 0 Å². The zero-order chi connectivity index (χ0) is 14.5. The van der Waals surface area contributed by atoms with Crippen molar-refractivity contribution in [1.29, 1.82) is 0 Å². The smallest absolute Gasteiger partial charge is 0.230 e. The molecule has 0 fully saturated rings. The van der Waals surface area contributed by atoms with Crippen LogP contribution in [0.25, 0.3) is 0 Å². The van der Waals surface area contributed by atoms with E-state index < -0.39 is 0 Å². The highest BCUT2D eigenvalue weighted by Crippen LogP contribution is 2.24. The number of ether oxygens (including phenoxy) is 2. The predicted molar refractivity (Wildman–Crippen MR) is 73.1 cm³/mol. The van der Waals surface area contributed by atoms with Crippen LogP contribution in [0.5, 0.6) is 11.5 Å². The minimum absolute atomic E-state index is 0.159. The molecule has 0 aliphatic carbocycles. The van der Waals surface area contributed by atoms with Crippen molar-refractivity contribution in [3.63, 3.8) is 0 Å². The largest absolute Gasteiger partial charge is 0.497 e. The van der Waals surface area contributed by atoms with E-state index in [0.717, 1.165) is 5.56 Å². The molecule has 0 saturated heterocycles. The Hall–Kier alpha value is -2.50. The molecule has 1 aromatic heterocycles. The van der Waals surface area contributed by atoms with Gasteiger partial charge in [0.05, 0.1) is 20.6 Å². The summed E-state index contributed by atoms with van der Waals surface area (Å²) in [5.74, 6) is 2.14. The molecule has 2 rings (SSSR count). The molecule has 106 valence electrons. The Morgan fingerprint density at radius 1 is 1.30 bits per heavy atom. The van der Waals surface area contributed by atoms with E-state index in [9.17, 15) is 4.79 Å². The summed E-state index contributed by atoms with van der Waals surface area (Å²) in [6.45, 7) is 1.76. The highest BCUT2D eigenvalue weighted by molar-refractivity contribution is 5.91. The van der Waals surface area contributed by atoms with Crippen LogP contribution in [0.4, 0.5) is 5.82 Å². The molecule has 0 bridgehead atoms. The van der Waals surface area contributed by atoms with Gasteiger partial charge in [0.25, 0.3) is 0 Å². The van der Waals surface area contributed by atoms with Gasteiger partial charge in [0.2, 0.25) is 5.91 Å². The maximum Gasteiger partial charge on any atom is 0.230 e. The molecule has 0 aliphatic rings. The normalized spacial score (nSPS) is 10.2. The molecule has 2 aromatic rings. The van der Waals surface area contributed by atoms with Crippen LogP contribution in [0.1, 0.15) is 11.3 Å². The lowest BCUT2D eigenvalue weighted by atomic mass is 10.1. The summed E-state index contributed by atoms with van der Waals surface area (Å²) >= 11 is 0. The molecular weight excluding hydrogens is 260 g/mol. The van der Waals surface area contributed by atoms with E-state index in [-0.39, 0.29) is 12.3 Å². The Labute approximate surface area is 116 Å². The number of aromatic nitrogens is 1. The average Bonchev–Trinajstić information content (AvgIpc) is 2.83. The Morgan fingerprint density at radius 2 is 2.10 bits per heavy atom. The molecule has 0 radical (unpaired) electrons. The number of rotatable bonds is 5. The Bertz CT molecular complexity index is 607. The van der Waals surface area contributed by atoms with E-state index in [1.807, 2.05) is 0 Å². The summed E-state index contributed by atoms with van der Waals surface area (Å²) < 4.78 is 15.3. The van der Waals surface area contributed by atoms with Crippen molar-refractivity contribution in [3.05, 3.63) is 35.6 Å². The van der Waals surface area contributed by atoms with Crippen molar-refractivity contribution in [2.24, 2.45) is 0 Å². The van der Waals surface area contributed by atoms with Gasteiger partial charge in [-0.1, -0.05) is 5.16 Å². The number of aryl methyl sites for hydroxylation is 1. The summed E-state index contributed by atoms with van der Waals surface area (Å²) in [4.78, 5) is 12.0. The van der Waals surface area contributed by atoms with E-state index in [1.54, 1.807) is 45.4 Å². The zero-order valence-corrected chi connectivity index (χ0v) is 11.6. The fourth-order valence-corrected chi connectivity index (χ4v) is 1.81. The van der Waals surface area contributed by atoms with E-state index in [1.165, 1.54) is 0 Å². The molecule has 0 spiro atoms. The van der Waals surface area contributed by atoms with Crippen LogP contribution in [0, 0.1) is 6.92 Å². The second-order valence-electron chi connectivity index (χ2n) is 4.23. The first-order valence-electron chi connectivity index (χ1n) is 6.06. The zero-order valence-electron chi connectivity index (χ0n) is 11.6. The van der Waals surface area contributed by atoms with Crippen LogP contribution >= 0.6 is 0 Å². The molecule has 1 aromatic carbocycles. The number of amides is 1. The van der Waals surface area contributed by atoms with Crippen molar-refractivity contribution in [3.8, 4) is 11.5 Å². The summed E-state index contributed by atoms with van der Waals surface area (Å²) in [6.07, 6.45) is 0.159. The van der Waals surface area contributed by atoms with Crippen molar-refractivity contribution >= 4 is 11.7 Å². The molecule has 6 heteroatoms. The number of anilines is 1. The lowest BCUT2D eigenvalue weighted by Crippen LogP contribution is -2.15. The van der Waals surface area contributed by atoms with E-state index >= 15 is 0 Å². The maximum absolute atomic E-state index is 12.0. The Balaban J connectivity index is 2.10. The van der Waals surface area contributed by atoms with Gasteiger partial charge < -0.3 is 19.3 Å². The number of benzene rings is 1. The van der Waals surface area contributed by atoms with Gasteiger partial charge in [-0.25, -0.2) is 0 Å². The van der Waals surface area contributed by atoms with E-state index in [2.05, 4.69) is 10.5 Å². The first kappa shape index (κ1) is 13.9. The fraction of sp³-hybridized carbons (Fsp3) is 0.286. The van der Waals surface area contributed by atoms with Crippen molar-refractivity contribution in [2.75, 3.05) is 19.5 Å². The lowest BCUT2D eigenvalue weighted by Gasteiger charge is -2.10. The first-order chi connectivity index (χ1) is 9.62. The molecule has 0 atom stereocenters. The first-order valence-corrected chi connectivity index (χ1v) is 6.06. The molecule has 20 heavy (non-hydrogen) atoms. The third-order valence-electron chi connectivity index (χ3n) is 2.73. The molecule has 1 heterocycles. The van der Waals surface area contributed by atoms with Gasteiger partial charge in [0.1, 0.15) is 17.3 Å².